The summed E-state index contributed by atoms with van der Waals surface area (Å²) in [7, 11) is 3.30. The number of fused-ring (bicyclic) bond motifs is 3. The second kappa shape index (κ2) is 19.0. The number of benzene rings is 3. The van der Waals surface area contributed by atoms with E-state index in [1.807, 2.05) is 83.6 Å². The van der Waals surface area contributed by atoms with Gasteiger partial charge in [-0.1, -0.05) is 23.2 Å². The van der Waals surface area contributed by atoms with Crippen molar-refractivity contribution in [3.63, 3.8) is 0 Å². The van der Waals surface area contributed by atoms with Crippen LogP contribution < -0.4 is 9.47 Å². The van der Waals surface area contributed by atoms with Crippen LogP contribution in [0.3, 0.4) is 0 Å². The molecule has 10 nitrogen and oxygen atoms in total. The van der Waals surface area contributed by atoms with Crippen LogP contribution in [-0.4, -0.2) is 43.7 Å². The number of hydrogen-bond acceptors (Lipinski definition) is 6. The number of hydrogen-bond donors (Lipinski definition) is 1. The van der Waals surface area contributed by atoms with E-state index in [0.717, 1.165) is 55.4 Å². The van der Waals surface area contributed by atoms with Gasteiger partial charge in [0.2, 0.25) is 0 Å². The standard InChI is InChI=1S/C14H12N2O2.C11H8ClN3.C6H4ClI.C5H5N3/c1-17-11-5-7-15-13-9(11)3-4-10-12(18-2)6-8-16-14(10)13;1-13-6-10-7-15(8-14-10)11-4-2-9(12)3-5-11;7-5-1-3-6(8)4-2-5;1-6-2-5-3-7-4-8-5/h3-8H,1-2H3;2-5,7-8H,6H2;1-4H;3-4H,2H2,(H,7,8). The number of rotatable bonds is 5. The largest absolute Gasteiger partial charge is 0.496 e. The second-order valence-corrected chi connectivity index (χ2v) is 11.9. The first-order valence-electron chi connectivity index (χ1n) is 14.4. The lowest BCUT2D eigenvalue weighted by molar-refractivity contribution is 0.419. The highest BCUT2D eigenvalue weighted by molar-refractivity contribution is 14.1. The van der Waals surface area contributed by atoms with Crippen LogP contribution in [0.5, 0.6) is 11.5 Å². The van der Waals surface area contributed by atoms with E-state index in [1.54, 1.807) is 45.5 Å². The zero-order valence-corrected chi connectivity index (χ0v) is 30.1. The van der Waals surface area contributed by atoms with E-state index in [9.17, 15) is 0 Å². The molecule has 0 aliphatic heterocycles. The summed E-state index contributed by atoms with van der Waals surface area (Å²) in [5.74, 6) is 1.60. The summed E-state index contributed by atoms with van der Waals surface area (Å²) >= 11 is 13.6. The lowest BCUT2D eigenvalue weighted by atomic mass is 10.1. The number of nitrogens with one attached hydrogen (secondary N) is 1. The number of ether oxygens (including phenoxy) is 2. The fraction of sp³-hybridized carbons (Fsp3) is 0.111. The molecule has 0 aliphatic rings. The molecule has 0 atom stereocenters. The van der Waals surface area contributed by atoms with Crippen molar-refractivity contribution in [1.29, 1.82) is 0 Å². The van der Waals surface area contributed by atoms with E-state index < -0.39 is 0 Å². The molecule has 1 N–H and O–H groups in total. The predicted octanol–water partition coefficient (Wildman–Crippen LogP) is 9.52. The summed E-state index contributed by atoms with van der Waals surface area (Å²) in [6.07, 6.45) is 10.2. The Morgan fingerprint density at radius 3 is 1.78 bits per heavy atom. The van der Waals surface area contributed by atoms with Crippen LogP contribution in [0.4, 0.5) is 0 Å². The van der Waals surface area contributed by atoms with Crippen LogP contribution in [0.25, 0.3) is 37.2 Å². The van der Waals surface area contributed by atoms with Gasteiger partial charge in [0.15, 0.2) is 0 Å². The van der Waals surface area contributed by atoms with Gasteiger partial charge >= 0.3 is 0 Å². The van der Waals surface area contributed by atoms with Crippen molar-refractivity contribution in [2.24, 2.45) is 0 Å². The van der Waals surface area contributed by atoms with Crippen LogP contribution in [0, 0.1) is 16.7 Å². The summed E-state index contributed by atoms with van der Waals surface area (Å²) < 4.78 is 13.8. The van der Waals surface area contributed by atoms with Crippen molar-refractivity contribution in [2.45, 2.75) is 13.1 Å². The third-order valence-electron chi connectivity index (χ3n) is 6.59. The molecule has 0 saturated carbocycles. The maximum absolute atomic E-state index is 6.74. The number of imidazole rings is 2. The predicted molar refractivity (Wildman–Crippen MR) is 202 cm³/mol. The van der Waals surface area contributed by atoms with Crippen molar-refractivity contribution < 1.29 is 9.47 Å². The summed E-state index contributed by atoms with van der Waals surface area (Å²) in [4.78, 5) is 25.9. The van der Waals surface area contributed by atoms with Gasteiger partial charge in [0.05, 0.1) is 33.1 Å². The molecule has 0 radical (unpaired) electrons. The summed E-state index contributed by atoms with van der Waals surface area (Å²) in [5.41, 5.74) is 4.29. The van der Waals surface area contributed by atoms with Gasteiger partial charge in [-0.25, -0.2) is 23.1 Å². The first-order valence-corrected chi connectivity index (χ1v) is 16.3. The summed E-state index contributed by atoms with van der Waals surface area (Å²) in [6, 6.07) is 22.8. The van der Waals surface area contributed by atoms with Crippen molar-refractivity contribution >= 4 is 67.6 Å². The van der Waals surface area contributed by atoms with Gasteiger partial charge < -0.3 is 28.7 Å². The van der Waals surface area contributed by atoms with Gasteiger partial charge in [0, 0.05) is 48.7 Å². The highest BCUT2D eigenvalue weighted by atomic mass is 127. The lowest BCUT2D eigenvalue weighted by Gasteiger charge is -2.08. The fourth-order valence-corrected chi connectivity index (χ4v) is 4.91. The van der Waals surface area contributed by atoms with Crippen molar-refractivity contribution in [2.75, 3.05) is 14.2 Å². The Bertz CT molecular complexity index is 2080. The van der Waals surface area contributed by atoms with Crippen molar-refractivity contribution in [3.8, 4) is 17.2 Å². The van der Waals surface area contributed by atoms with Gasteiger partial charge in [-0.3, -0.25) is 9.97 Å². The summed E-state index contributed by atoms with van der Waals surface area (Å²) in [6.45, 7) is 13.9. The molecule has 0 saturated heterocycles. The SMILES string of the molecule is COc1ccnc2c1ccc1c(OC)ccnc12.Clc1ccc(I)cc1.[C-]#[N+]Cc1cn(-c2ccc(Cl)cc2)cn1.[C-]#[N+]Cc1cnc[nH]1. The zero-order chi connectivity index (χ0) is 35.0. The number of pyridine rings is 2. The van der Waals surface area contributed by atoms with E-state index in [-0.39, 0.29) is 0 Å². The Balaban J connectivity index is 0.000000157. The highest BCUT2D eigenvalue weighted by Crippen LogP contribution is 2.32. The molecule has 0 spiro atoms. The molecule has 246 valence electrons. The Hall–Kier alpha value is -5.21. The number of nitrogens with zero attached hydrogens (tertiary/aromatic N) is 7. The minimum Gasteiger partial charge on any atom is -0.496 e. The molecular weight excluding hydrogens is 774 g/mol. The van der Waals surface area contributed by atoms with Crippen LogP contribution in [0.2, 0.25) is 10.0 Å². The van der Waals surface area contributed by atoms with Crippen LogP contribution >= 0.6 is 45.8 Å². The van der Waals surface area contributed by atoms with E-state index in [1.165, 1.54) is 3.57 Å². The fourth-order valence-electron chi connectivity index (χ4n) is 4.30. The molecule has 7 rings (SSSR count). The Morgan fingerprint density at radius 1 is 0.755 bits per heavy atom. The van der Waals surface area contributed by atoms with Gasteiger partial charge in [-0.15, -0.1) is 0 Å². The highest BCUT2D eigenvalue weighted by Gasteiger charge is 2.10. The van der Waals surface area contributed by atoms with Crippen LogP contribution in [-0.2, 0) is 13.1 Å². The molecular formula is C36H29Cl2IN8O2. The third-order valence-corrected chi connectivity index (χ3v) is 7.81. The van der Waals surface area contributed by atoms with E-state index >= 15 is 0 Å². The average molecular weight is 803 g/mol. The second-order valence-electron chi connectivity index (χ2n) is 9.78. The number of aromatic nitrogens is 6. The van der Waals surface area contributed by atoms with Gasteiger partial charge in [0.25, 0.3) is 13.1 Å². The Morgan fingerprint density at radius 2 is 1.31 bits per heavy atom. The lowest BCUT2D eigenvalue weighted by Crippen LogP contribution is -1.91. The summed E-state index contributed by atoms with van der Waals surface area (Å²) in [5, 5.41) is 3.41. The minimum atomic E-state index is 0.320. The number of methoxy groups -OCH3 is 2. The van der Waals surface area contributed by atoms with Gasteiger partial charge in [-0.05, 0) is 95.4 Å². The molecule has 13 heteroatoms. The normalized spacial score (nSPS) is 9.86. The van der Waals surface area contributed by atoms with Gasteiger partial charge in [-0.2, -0.15) is 0 Å². The molecule has 0 bridgehead atoms. The maximum Gasteiger partial charge on any atom is 0.257 e. The van der Waals surface area contributed by atoms with E-state index in [0.29, 0.717) is 18.1 Å². The third kappa shape index (κ3) is 10.6. The Labute approximate surface area is 307 Å². The first kappa shape index (κ1) is 36.6. The smallest absolute Gasteiger partial charge is 0.257 e. The van der Waals surface area contributed by atoms with Crippen LogP contribution in [0.15, 0.2) is 110 Å². The van der Waals surface area contributed by atoms with E-state index in [4.69, 9.17) is 45.8 Å². The van der Waals surface area contributed by atoms with Crippen molar-refractivity contribution in [3.05, 3.63) is 158 Å². The number of aromatic amines is 1. The molecule has 0 unspecified atom stereocenters. The Kier molecular flexibility index (Phi) is 14.2. The first-order chi connectivity index (χ1) is 23.9. The molecule has 0 fully saturated rings. The molecule has 49 heavy (non-hydrogen) atoms. The quantitative estimate of drug-likeness (QED) is 0.106. The molecule has 7 aromatic rings. The molecule has 3 aromatic carbocycles. The molecule has 4 heterocycles. The zero-order valence-electron chi connectivity index (χ0n) is 26.4. The minimum absolute atomic E-state index is 0.320. The van der Waals surface area contributed by atoms with E-state index in [2.05, 4.69) is 57.2 Å². The monoisotopic (exact) mass is 802 g/mol. The van der Waals surface area contributed by atoms with Gasteiger partial charge in [0.1, 0.15) is 33.9 Å². The van der Waals surface area contributed by atoms with Crippen molar-refractivity contribution in [1.82, 2.24) is 29.5 Å². The number of halogens is 3. The molecule has 0 aliphatic carbocycles. The topological polar surface area (TPSA) is 99.5 Å². The maximum atomic E-state index is 6.74. The molecule has 0 amide bonds. The molecule has 4 aromatic heterocycles. The van der Waals surface area contributed by atoms with Crippen LogP contribution in [0.1, 0.15) is 11.4 Å². The number of H-pyrrole nitrogens is 1. The average Bonchev–Trinajstić information content (AvgIpc) is 3.83.